The predicted molar refractivity (Wildman–Crippen MR) is 118 cm³/mol. The summed E-state index contributed by atoms with van der Waals surface area (Å²) >= 11 is 0. The number of pyridine rings is 1. The highest BCUT2D eigenvalue weighted by molar-refractivity contribution is 5.93. The second-order valence-corrected chi connectivity index (χ2v) is 8.85. The highest BCUT2D eigenvalue weighted by Crippen LogP contribution is 2.40. The molecule has 0 spiro atoms. The quantitative estimate of drug-likeness (QED) is 0.559. The van der Waals surface area contributed by atoms with Gasteiger partial charge in [-0.3, -0.25) is 14.0 Å². The number of ketones is 1. The summed E-state index contributed by atoms with van der Waals surface area (Å²) in [6, 6.07) is 10.5. The molecule has 4 rings (SSSR count). The van der Waals surface area contributed by atoms with Gasteiger partial charge in [-0.15, -0.1) is 0 Å². The molecule has 0 unspecified atom stereocenters. The molecule has 8 heteroatoms. The number of aromatic nitrogens is 2. The number of alkyl halides is 3. The van der Waals surface area contributed by atoms with Crippen LogP contribution in [-0.4, -0.2) is 27.6 Å². The maximum absolute atomic E-state index is 13.1. The zero-order valence-corrected chi connectivity index (χ0v) is 18.4. The molecule has 1 N–H and O–H groups in total. The van der Waals surface area contributed by atoms with Crippen molar-refractivity contribution in [2.75, 3.05) is 6.54 Å². The molecule has 0 saturated heterocycles. The normalized spacial score (nSPS) is 16.0. The van der Waals surface area contributed by atoms with Crippen LogP contribution in [0.4, 0.5) is 13.2 Å². The monoisotopic (exact) mass is 457 g/mol. The Morgan fingerprint density at radius 1 is 1.06 bits per heavy atom. The number of imidazole rings is 1. The Hall–Kier alpha value is -3.16. The number of rotatable bonds is 6. The molecular formula is C25H26F3N3O2. The van der Waals surface area contributed by atoms with Crippen molar-refractivity contribution >= 4 is 17.3 Å². The number of hydrogen-bond acceptors (Lipinski definition) is 3. The fraction of sp³-hybridized carbons (Fsp3) is 0.400. The van der Waals surface area contributed by atoms with E-state index in [1.807, 2.05) is 0 Å². The molecule has 1 amide bonds. The number of amides is 1. The summed E-state index contributed by atoms with van der Waals surface area (Å²) in [4.78, 5) is 29.0. The van der Waals surface area contributed by atoms with E-state index in [1.54, 1.807) is 40.9 Å². The maximum atomic E-state index is 13.1. The van der Waals surface area contributed by atoms with Gasteiger partial charge in [0, 0.05) is 24.6 Å². The van der Waals surface area contributed by atoms with Gasteiger partial charge in [0.2, 0.25) is 0 Å². The lowest BCUT2D eigenvalue weighted by atomic mass is 9.69. The summed E-state index contributed by atoms with van der Waals surface area (Å²) in [6.45, 7) is 1.82. The molecule has 174 valence electrons. The Bertz CT molecular complexity index is 1160. The predicted octanol–water partition coefficient (Wildman–Crippen LogP) is 5.12. The lowest BCUT2D eigenvalue weighted by Crippen LogP contribution is -2.42. The minimum atomic E-state index is -4.38. The topological polar surface area (TPSA) is 63.5 Å². The molecule has 1 aromatic carbocycles. The zero-order valence-electron chi connectivity index (χ0n) is 18.4. The van der Waals surface area contributed by atoms with Crippen molar-refractivity contribution in [3.63, 3.8) is 0 Å². The molecule has 33 heavy (non-hydrogen) atoms. The maximum Gasteiger partial charge on any atom is 0.416 e. The van der Waals surface area contributed by atoms with Crippen LogP contribution in [0.25, 0.3) is 5.65 Å². The number of hydrogen-bond donors (Lipinski definition) is 1. The van der Waals surface area contributed by atoms with Crippen LogP contribution in [0.3, 0.4) is 0 Å². The molecule has 5 nitrogen and oxygen atoms in total. The molecule has 0 bridgehead atoms. The van der Waals surface area contributed by atoms with Gasteiger partial charge in [0.15, 0.2) is 0 Å². The minimum absolute atomic E-state index is 0.0137. The van der Waals surface area contributed by atoms with Crippen molar-refractivity contribution in [3.8, 4) is 0 Å². The summed E-state index contributed by atoms with van der Waals surface area (Å²) in [7, 11) is 0. The highest BCUT2D eigenvalue weighted by Gasteiger charge is 2.36. The first-order valence-corrected chi connectivity index (χ1v) is 11.1. The first-order valence-electron chi connectivity index (χ1n) is 11.1. The lowest BCUT2D eigenvalue weighted by Gasteiger charge is -2.38. The van der Waals surface area contributed by atoms with E-state index in [0.29, 0.717) is 23.6 Å². The third-order valence-electron chi connectivity index (χ3n) is 6.43. The van der Waals surface area contributed by atoms with Gasteiger partial charge in [-0.2, -0.15) is 13.2 Å². The highest BCUT2D eigenvalue weighted by atomic mass is 19.4. The van der Waals surface area contributed by atoms with Crippen LogP contribution in [0.15, 0.2) is 48.7 Å². The molecule has 0 atom stereocenters. The van der Waals surface area contributed by atoms with Gasteiger partial charge < -0.3 is 5.32 Å². The Kier molecular flexibility index (Phi) is 6.28. The van der Waals surface area contributed by atoms with Gasteiger partial charge in [-0.1, -0.05) is 37.5 Å². The Labute approximate surface area is 190 Å². The van der Waals surface area contributed by atoms with E-state index >= 15 is 0 Å². The van der Waals surface area contributed by atoms with Crippen molar-refractivity contribution in [3.05, 3.63) is 71.2 Å². The van der Waals surface area contributed by atoms with Gasteiger partial charge in [-0.05, 0) is 49.6 Å². The summed E-state index contributed by atoms with van der Waals surface area (Å²) in [5.41, 5.74) is 1.31. The van der Waals surface area contributed by atoms with Crippen molar-refractivity contribution in [1.29, 1.82) is 0 Å². The molecular weight excluding hydrogens is 431 g/mol. The lowest BCUT2D eigenvalue weighted by molar-refractivity contribution is -0.137. The number of fused-ring (bicyclic) bond motifs is 1. The van der Waals surface area contributed by atoms with Crippen LogP contribution in [-0.2, 0) is 22.8 Å². The number of benzene rings is 1. The van der Waals surface area contributed by atoms with Gasteiger partial charge in [0.25, 0.3) is 5.91 Å². The second-order valence-electron chi connectivity index (χ2n) is 8.85. The van der Waals surface area contributed by atoms with E-state index in [9.17, 15) is 22.8 Å². The Morgan fingerprint density at radius 2 is 1.76 bits per heavy atom. The Morgan fingerprint density at radius 3 is 2.39 bits per heavy atom. The number of carbonyl (C=O) groups excluding carboxylic acids is 2. The molecule has 2 heterocycles. The number of halogens is 3. The zero-order chi connectivity index (χ0) is 23.6. The summed E-state index contributed by atoms with van der Waals surface area (Å²) in [6.07, 6.45) is 2.11. The van der Waals surface area contributed by atoms with Crippen molar-refractivity contribution < 1.29 is 22.8 Å². The van der Waals surface area contributed by atoms with Crippen LogP contribution in [0, 0.1) is 0 Å². The summed E-state index contributed by atoms with van der Waals surface area (Å²) < 4.78 is 40.7. The largest absolute Gasteiger partial charge is 0.416 e. The van der Waals surface area contributed by atoms with E-state index < -0.39 is 17.2 Å². The van der Waals surface area contributed by atoms with Gasteiger partial charge >= 0.3 is 6.18 Å². The fourth-order valence-corrected chi connectivity index (χ4v) is 4.74. The molecule has 1 aliphatic rings. The first-order chi connectivity index (χ1) is 15.7. The third kappa shape index (κ3) is 4.94. The molecule has 3 aromatic rings. The third-order valence-corrected chi connectivity index (χ3v) is 6.43. The second kappa shape index (κ2) is 9.00. The van der Waals surface area contributed by atoms with E-state index in [4.69, 9.17) is 0 Å². The van der Waals surface area contributed by atoms with Gasteiger partial charge in [-0.25, -0.2) is 4.98 Å². The average molecular weight is 457 g/mol. The Balaban J connectivity index is 1.57. The van der Waals surface area contributed by atoms with Crippen LogP contribution >= 0.6 is 0 Å². The number of Topliss-reactive ketones (excluding diaryl/α,β-unsaturated/α-hetero) is 1. The van der Waals surface area contributed by atoms with Crippen LogP contribution in [0.1, 0.15) is 66.3 Å². The number of carbonyl (C=O) groups is 2. The molecule has 2 aromatic heterocycles. The van der Waals surface area contributed by atoms with Crippen molar-refractivity contribution in [2.24, 2.45) is 0 Å². The molecule has 1 aliphatic carbocycles. The summed E-state index contributed by atoms with van der Waals surface area (Å²) in [5, 5.41) is 3.02. The number of nitrogens with one attached hydrogen (secondary N) is 1. The average Bonchev–Trinajstić information content (AvgIpc) is 3.19. The van der Waals surface area contributed by atoms with Crippen LogP contribution < -0.4 is 5.32 Å². The van der Waals surface area contributed by atoms with E-state index in [-0.39, 0.29) is 18.1 Å². The first kappa shape index (κ1) is 23.0. The molecule has 0 aliphatic heterocycles. The van der Waals surface area contributed by atoms with Crippen LogP contribution in [0.5, 0.6) is 0 Å². The SMILES string of the molecule is CC(=O)Cc1cn2c(C(=O)NCC3(c4ccc(C(F)(F)F)cc4)CCCCC3)cccc2n1. The van der Waals surface area contributed by atoms with Gasteiger partial charge in [0.1, 0.15) is 17.1 Å². The summed E-state index contributed by atoms with van der Waals surface area (Å²) in [5.74, 6) is -0.301. The van der Waals surface area contributed by atoms with E-state index in [1.165, 1.54) is 6.92 Å². The van der Waals surface area contributed by atoms with E-state index in [0.717, 1.165) is 49.8 Å². The van der Waals surface area contributed by atoms with E-state index in [2.05, 4.69) is 10.3 Å². The minimum Gasteiger partial charge on any atom is -0.350 e. The van der Waals surface area contributed by atoms with Gasteiger partial charge in [0.05, 0.1) is 11.3 Å². The number of nitrogens with zero attached hydrogens (tertiary/aromatic N) is 2. The molecule has 1 fully saturated rings. The van der Waals surface area contributed by atoms with Crippen molar-refractivity contribution in [2.45, 2.75) is 57.0 Å². The fourth-order valence-electron chi connectivity index (χ4n) is 4.74. The molecule has 1 saturated carbocycles. The molecule has 0 radical (unpaired) electrons. The van der Waals surface area contributed by atoms with Crippen molar-refractivity contribution in [1.82, 2.24) is 14.7 Å². The van der Waals surface area contributed by atoms with Crippen LogP contribution in [0.2, 0.25) is 0 Å². The smallest absolute Gasteiger partial charge is 0.350 e. The standard InChI is InChI=1S/C25H26F3N3O2/c1-17(32)14-20-15-31-21(6-5-7-22(31)30-20)23(33)29-16-24(12-3-2-4-13-24)18-8-10-19(11-9-18)25(26,27)28/h5-11,15H,2-4,12-14,16H2,1H3,(H,29,33).